The average molecular weight is 252 g/mol. The van der Waals surface area contributed by atoms with Crippen molar-refractivity contribution in [3.8, 4) is 0 Å². The van der Waals surface area contributed by atoms with Gasteiger partial charge in [-0.1, -0.05) is 6.92 Å². The number of hydrogen-bond acceptors (Lipinski definition) is 6. The van der Waals surface area contributed by atoms with E-state index < -0.39 is 0 Å². The van der Waals surface area contributed by atoms with Gasteiger partial charge in [0.2, 0.25) is 11.9 Å². The Bertz CT molecular complexity index is 409. The van der Waals surface area contributed by atoms with E-state index in [4.69, 9.17) is 5.84 Å². The summed E-state index contributed by atoms with van der Waals surface area (Å²) in [6, 6.07) is 0. The van der Waals surface area contributed by atoms with Crippen molar-refractivity contribution in [3.63, 3.8) is 0 Å². The number of carbonyl (C=O) groups excluding carboxylic acids is 1. The van der Waals surface area contributed by atoms with E-state index in [0.717, 1.165) is 24.3 Å². The molecule has 7 nitrogen and oxygen atoms in total. The first-order valence-electron chi connectivity index (χ1n) is 5.88. The second kappa shape index (κ2) is 6.75. The first kappa shape index (κ1) is 14.2. The third kappa shape index (κ3) is 3.56. The smallest absolute Gasteiger partial charge is 0.239 e. The van der Waals surface area contributed by atoms with Gasteiger partial charge in [0, 0.05) is 25.4 Å². The lowest BCUT2D eigenvalue weighted by molar-refractivity contribution is -0.119. The molecular formula is C11H20N6O. The molecule has 1 aromatic heterocycles. The summed E-state index contributed by atoms with van der Waals surface area (Å²) in [6.45, 7) is 4.97. The van der Waals surface area contributed by atoms with Crippen molar-refractivity contribution >= 4 is 17.7 Å². The molecule has 0 aliphatic rings. The van der Waals surface area contributed by atoms with Gasteiger partial charge in [-0.05, 0) is 13.3 Å². The standard InChI is InChI=1S/C11H20N6O/c1-4-5-17(7-9(18)13-3)10-8(2)6-14-11(15-10)16-12/h6H,4-5,7,12H2,1-3H3,(H,13,18)(H,14,15,16). The third-order valence-corrected chi connectivity index (χ3v) is 2.48. The van der Waals surface area contributed by atoms with E-state index in [0.29, 0.717) is 5.95 Å². The predicted octanol–water partition coefficient (Wildman–Crippen LogP) is 0.0330. The molecule has 0 atom stereocenters. The van der Waals surface area contributed by atoms with Crippen LogP contribution in [-0.2, 0) is 4.79 Å². The summed E-state index contributed by atoms with van der Waals surface area (Å²) < 4.78 is 0. The maximum Gasteiger partial charge on any atom is 0.239 e. The zero-order valence-corrected chi connectivity index (χ0v) is 11.0. The molecule has 1 heterocycles. The molecule has 0 unspecified atom stereocenters. The summed E-state index contributed by atoms with van der Waals surface area (Å²) in [5, 5.41) is 2.61. The van der Waals surface area contributed by atoms with Gasteiger partial charge in [0.1, 0.15) is 5.82 Å². The van der Waals surface area contributed by atoms with Gasteiger partial charge < -0.3 is 10.2 Å². The van der Waals surface area contributed by atoms with Crippen molar-refractivity contribution in [2.24, 2.45) is 5.84 Å². The maximum atomic E-state index is 11.5. The van der Waals surface area contributed by atoms with Crippen LogP contribution in [0.2, 0.25) is 0 Å². The highest BCUT2D eigenvalue weighted by Gasteiger charge is 2.14. The van der Waals surface area contributed by atoms with Crippen molar-refractivity contribution in [1.82, 2.24) is 15.3 Å². The Kier molecular flexibility index (Phi) is 5.31. The minimum Gasteiger partial charge on any atom is -0.358 e. The topological polar surface area (TPSA) is 96.2 Å². The van der Waals surface area contributed by atoms with Crippen LogP contribution in [0.15, 0.2) is 6.20 Å². The van der Waals surface area contributed by atoms with E-state index in [1.54, 1.807) is 13.2 Å². The lowest BCUT2D eigenvalue weighted by Gasteiger charge is -2.24. The van der Waals surface area contributed by atoms with Crippen LogP contribution in [0.25, 0.3) is 0 Å². The molecule has 1 amide bonds. The maximum absolute atomic E-state index is 11.5. The van der Waals surface area contributed by atoms with Crippen LogP contribution in [0.1, 0.15) is 18.9 Å². The summed E-state index contributed by atoms with van der Waals surface area (Å²) >= 11 is 0. The first-order chi connectivity index (χ1) is 8.62. The molecular weight excluding hydrogens is 232 g/mol. The third-order valence-electron chi connectivity index (χ3n) is 2.48. The van der Waals surface area contributed by atoms with Crippen molar-refractivity contribution in [1.29, 1.82) is 0 Å². The van der Waals surface area contributed by atoms with Crippen LogP contribution in [0.5, 0.6) is 0 Å². The Hall–Kier alpha value is -1.89. The molecule has 0 fully saturated rings. The highest BCUT2D eigenvalue weighted by atomic mass is 16.1. The molecule has 0 aromatic carbocycles. The molecule has 0 aliphatic carbocycles. The van der Waals surface area contributed by atoms with Gasteiger partial charge in [0.25, 0.3) is 0 Å². The quantitative estimate of drug-likeness (QED) is 0.488. The fourth-order valence-corrected chi connectivity index (χ4v) is 1.60. The molecule has 100 valence electrons. The summed E-state index contributed by atoms with van der Waals surface area (Å²) in [5.74, 6) is 6.31. The molecule has 0 bridgehead atoms. The van der Waals surface area contributed by atoms with E-state index >= 15 is 0 Å². The number of nitrogens with one attached hydrogen (secondary N) is 2. The molecule has 0 spiro atoms. The van der Waals surface area contributed by atoms with Gasteiger partial charge in [0.05, 0.1) is 6.54 Å². The number of nitrogens with zero attached hydrogens (tertiary/aromatic N) is 3. The number of rotatable bonds is 6. The normalized spacial score (nSPS) is 10.0. The highest BCUT2D eigenvalue weighted by Crippen LogP contribution is 2.17. The first-order valence-corrected chi connectivity index (χ1v) is 5.88. The Morgan fingerprint density at radius 2 is 2.28 bits per heavy atom. The van der Waals surface area contributed by atoms with Gasteiger partial charge in [-0.25, -0.2) is 10.8 Å². The molecule has 7 heteroatoms. The number of aromatic nitrogens is 2. The lowest BCUT2D eigenvalue weighted by Crippen LogP contribution is -2.37. The van der Waals surface area contributed by atoms with Crippen molar-refractivity contribution in [2.45, 2.75) is 20.3 Å². The predicted molar refractivity (Wildman–Crippen MR) is 71.1 cm³/mol. The van der Waals surface area contributed by atoms with Crippen LogP contribution >= 0.6 is 0 Å². The van der Waals surface area contributed by atoms with Crippen molar-refractivity contribution < 1.29 is 4.79 Å². The molecule has 1 rings (SSSR count). The van der Waals surface area contributed by atoms with Crippen LogP contribution in [0.3, 0.4) is 0 Å². The van der Waals surface area contributed by atoms with Gasteiger partial charge >= 0.3 is 0 Å². The van der Waals surface area contributed by atoms with E-state index in [9.17, 15) is 4.79 Å². The zero-order valence-electron chi connectivity index (χ0n) is 11.0. The largest absolute Gasteiger partial charge is 0.358 e. The number of aryl methyl sites for hydroxylation is 1. The molecule has 0 saturated heterocycles. The summed E-state index contributed by atoms with van der Waals surface area (Å²) in [5.41, 5.74) is 3.32. The SMILES string of the molecule is CCCN(CC(=O)NC)c1nc(NN)ncc1C. The summed E-state index contributed by atoms with van der Waals surface area (Å²) in [7, 11) is 1.62. The van der Waals surface area contributed by atoms with Crippen molar-refractivity contribution in [2.75, 3.05) is 30.5 Å². The highest BCUT2D eigenvalue weighted by molar-refractivity contribution is 5.81. The van der Waals surface area contributed by atoms with Gasteiger partial charge in [0.15, 0.2) is 0 Å². The number of hydrogen-bond donors (Lipinski definition) is 3. The molecule has 0 aliphatic heterocycles. The molecule has 0 radical (unpaired) electrons. The van der Waals surface area contributed by atoms with Crippen molar-refractivity contribution in [3.05, 3.63) is 11.8 Å². The average Bonchev–Trinajstić information content (AvgIpc) is 2.38. The van der Waals surface area contributed by atoms with E-state index in [1.165, 1.54) is 0 Å². The number of hydrazine groups is 1. The van der Waals surface area contributed by atoms with Crippen LogP contribution in [-0.4, -0.2) is 36.0 Å². The number of nitrogens with two attached hydrogens (primary N) is 1. The Labute approximate surface area is 107 Å². The summed E-state index contributed by atoms with van der Waals surface area (Å²) in [4.78, 5) is 21.7. The molecule has 1 aromatic rings. The lowest BCUT2D eigenvalue weighted by atomic mass is 10.3. The number of carbonyl (C=O) groups is 1. The fourth-order valence-electron chi connectivity index (χ4n) is 1.60. The van der Waals surface area contributed by atoms with E-state index in [2.05, 4.69) is 27.6 Å². The van der Waals surface area contributed by atoms with Gasteiger partial charge in [-0.3, -0.25) is 10.2 Å². The molecule has 4 N–H and O–H groups in total. The number of amides is 1. The van der Waals surface area contributed by atoms with Crippen LogP contribution in [0, 0.1) is 6.92 Å². The Morgan fingerprint density at radius 1 is 1.56 bits per heavy atom. The number of anilines is 2. The van der Waals surface area contributed by atoms with E-state index in [1.807, 2.05) is 11.8 Å². The van der Waals surface area contributed by atoms with Crippen LogP contribution < -0.4 is 21.5 Å². The second-order valence-electron chi connectivity index (χ2n) is 3.94. The van der Waals surface area contributed by atoms with E-state index in [-0.39, 0.29) is 12.5 Å². The Balaban J connectivity index is 2.99. The Morgan fingerprint density at radius 3 is 2.83 bits per heavy atom. The minimum atomic E-state index is -0.0521. The van der Waals surface area contributed by atoms with Gasteiger partial charge in [-0.15, -0.1) is 0 Å². The number of nitrogen functional groups attached to an aromatic ring is 1. The van der Waals surface area contributed by atoms with Gasteiger partial charge in [-0.2, -0.15) is 4.98 Å². The van der Waals surface area contributed by atoms with Crippen LogP contribution in [0.4, 0.5) is 11.8 Å². The number of likely N-dealkylation sites (N-methyl/N-ethyl adjacent to an activating group) is 1. The molecule has 18 heavy (non-hydrogen) atoms. The molecule has 0 saturated carbocycles. The monoisotopic (exact) mass is 252 g/mol. The zero-order chi connectivity index (χ0) is 13.5. The minimum absolute atomic E-state index is 0.0521. The fraction of sp³-hybridized carbons (Fsp3) is 0.545. The second-order valence-corrected chi connectivity index (χ2v) is 3.94. The summed E-state index contributed by atoms with van der Waals surface area (Å²) in [6.07, 6.45) is 2.61.